The van der Waals surface area contributed by atoms with Gasteiger partial charge in [0.15, 0.2) is 0 Å². The first-order valence-electron chi connectivity index (χ1n) is 17.5. The van der Waals surface area contributed by atoms with Crippen LogP contribution in [-0.4, -0.2) is 89.5 Å². The Labute approximate surface area is 283 Å². The maximum absolute atomic E-state index is 13.9. The summed E-state index contributed by atoms with van der Waals surface area (Å²) in [4.78, 5) is 57.0. The summed E-state index contributed by atoms with van der Waals surface area (Å²) in [6.45, 7) is 16.1. The van der Waals surface area contributed by atoms with Crippen molar-refractivity contribution in [3.05, 3.63) is 35.9 Å². The Hall–Kier alpha value is -2.98. The van der Waals surface area contributed by atoms with Crippen LogP contribution < -0.4 is 10.6 Å². The number of ether oxygens (including phenoxy) is 1. The summed E-state index contributed by atoms with van der Waals surface area (Å²) in [5, 5.41) is 16.6. The van der Waals surface area contributed by atoms with Crippen LogP contribution in [0.5, 0.6) is 0 Å². The number of aliphatic hydroxyl groups excluding tert-OH is 1. The molecule has 10 nitrogen and oxygen atoms in total. The molecule has 1 aliphatic rings. The van der Waals surface area contributed by atoms with Gasteiger partial charge >= 0.3 is 0 Å². The van der Waals surface area contributed by atoms with Gasteiger partial charge in [-0.05, 0) is 49.5 Å². The Kier molecular flexibility index (Phi) is 16.4. The number of nitrogens with zero attached hydrogens (tertiary/aromatic N) is 2. The number of methoxy groups -OCH3 is 1. The lowest BCUT2D eigenvalue weighted by molar-refractivity contribution is -0.146. The van der Waals surface area contributed by atoms with E-state index in [-0.39, 0.29) is 65.8 Å². The highest BCUT2D eigenvalue weighted by Gasteiger charge is 2.40. The van der Waals surface area contributed by atoms with Crippen LogP contribution in [-0.2, 0) is 23.9 Å². The largest absolute Gasteiger partial charge is 0.386 e. The molecule has 1 fully saturated rings. The maximum Gasteiger partial charge on any atom is 0.245 e. The van der Waals surface area contributed by atoms with Crippen molar-refractivity contribution in [2.24, 2.45) is 23.7 Å². The topological polar surface area (TPSA) is 128 Å². The second kappa shape index (κ2) is 19.1. The Morgan fingerprint density at radius 3 is 2.19 bits per heavy atom. The average molecular weight is 659 g/mol. The van der Waals surface area contributed by atoms with Gasteiger partial charge in [0, 0.05) is 39.1 Å². The number of carbonyl (C=O) groups is 4. The second-order valence-corrected chi connectivity index (χ2v) is 14.4. The summed E-state index contributed by atoms with van der Waals surface area (Å²) in [6.07, 6.45) is 2.03. The number of rotatable bonds is 18. The molecule has 0 bridgehead atoms. The number of benzene rings is 1. The fourth-order valence-electron chi connectivity index (χ4n) is 6.66. The Morgan fingerprint density at radius 1 is 1.00 bits per heavy atom. The van der Waals surface area contributed by atoms with Gasteiger partial charge in [0.05, 0.1) is 30.7 Å². The zero-order valence-electron chi connectivity index (χ0n) is 30.5. The third-order valence-electron chi connectivity index (χ3n) is 9.68. The van der Waals surface area contributed by atoms with E-state index in [0.29, 0.717) is 19.4 Å². The number of likely N-dealkylation sites (N-methyl/N-ethyl adjacent to an activating group) is 1. The molecular weight excluding hydrogens is 596 g/mol. The van der Waals surface area contributed by atoms with E-state index in [1.807, 2.05) is 69.9 Å². The summed E-state index contributed by atoms with van der Waals surface area (Å²) in [6, 6.07) is 7.64. The SMILES string of the molecule is CC[C@H](C)[C@@H]([C@@H](CC(=O)N1CCC[C@H]1C[C@@H](C)C(=O)N[C@H](C)[C@@H](O)c1ccccc1)OC)N(C)C(=O)[C@@H](NC(=O)CC(C)C)C(C)C. The fraction of sp³-hybridized carbons (Fsp3) is 0.730. The Balaban J connectivity index is 2.12. The highest BCUT2D eigenvalue weighted by Crippen LogP contribution is 2.28. The first kappa shape index (κ1) is 40.2. The Bertz CT molecular complexity index is 1140. The number of aliphatic hydroxyl groups is 1. The molecular formula is C37H62N4O6. The molecule has 0 spiro atoms. The van der Waals surface area contributed by atoms with Crippen LogP contribution in [0.15, 0.2) is 30.3 Å². The van der Waals surface area contributed by atoms with Gasteiger partial charge < -0.3 is 30.3 Å². The van der Waals surface area contributed by atoms with Gasteiger partial charge in [0.1, 0.15) is 6.04 Å². The summed E-state index contributed by atoms with van der Waals surface area (Å²) in [7, 11) is 3.32. The summed E-state index contributed by atoms with van der Waals surface area (Å²) >= 11 is 0. The molecule has 0 saturated carbocycles. The number of hydrogen-bond acceptors (Lipinski definition) is 6. The van der Waals surface area contributed by atoms with Crippen LogP contribution in [0.25, 0.3) is 0 Å². The van der Waals surface area contributed by atoms with E-state index in [1.54, 1.807) is 26.0 Å². The van der Waals surface area contributed by atoms with Crippen molar-refractivity contribution in [3.63, 3.8) is 0 Å². The van der Waals surface area contributed by atoms with Gasteiger partial charge in [-0.2, -0.15) is 0 Å². The van der Waals surface area contributed by atoms with Crippen molar-refractivity contribution in [2.45, 2.75) is 130 Å². The molecule has 1 aromatic carbocycles. The van der Waals surface area contributed by atoms with Crippen molar-refractivity contribution in [2.75, 3.05) is 20.7 Å². The van der Waals surface area contributed by atoms with Gasteiger partial charge in [-0.25, -0.2) is 0 Å². The molecule has 3 N–H and O–H groups in total. The minimum atomic E-state index is -0.821. The van der Waals surface area contributed by atoms with Gasteiger partial charge in [-0.1, -0.05) is 85.2 Å². The quantitative estimate of drug-likeness (QED) is 0.210. The molecule has 0 unspecified atom stereocenters. The number of amides is 4. The lowest BCUT2D eigenvalue weighted by Gasteiger charge is -2.40. The number of carbonyl (C=O) groups excluding carboxylic acids is 4. The van der Waals surface area contributed by atoms with Crippen molar-refractivity contribution in [1.82, 2.24) is 20.4 Å². The predicted molar refractivity (Wildman–Crippen MR) is 185 cm³/mol. The minimum absolute atomic E-state index is 0.0344. The molecule has 4 amide bonds. The molecule has 0 radical (unpaired) electrons. The third-order valence-corrected chi connectivity index (χ3v) is 9.68. The first-order chi connectivity index (χ1) is 22.1. The lowest BCUT2D eigenvalue weighted by Crippen LogP contribution is -2.57. The number of nitrogens with one attached hydrogen (secondary N) is 2. The van der Waals surface area contributed by atoms with E-state index in [2.05, 4.69) is 24.5 Å². The monoisotopic (exact) mass is 658 g/mol. The minimum Gasteiger partial charge on any atom is -0.386 e. The highest BCUT2D eigenvalue weighted by atomic mass is 16.5. The van der Waals surface area contributed by atoms with Crippen molar-refractivity contribution in [3.8, 4) is 0 Å². The molecule has 1 aliphatic heterocycles. The van der Waals surface area contributed by atoms with E-state index in [0.717, 1.165) is 24.8 Å². The Morgan fingerprint density at radius 2 is 1.64 bits per heavy atom. The third kappa shape index (κ3) is 11.6. The highest BCUT2D eigenvalue weighted by molar-refractivity contribution is 5.88. The summed E-state index contributed by atoms with van der Waals surface area (Å²) in [5.41, 5.74) is 0.742. The standard InChI is InChI=1S/C37H62N4O6/c1-11-25(6)34(40(9)37(46)33(24(4)5)39-31(42)20-23(2)3)30(47-10)22-32(43)41-19-15-18-29(41)21-26(7)36(45)38-27(8)35(44)28-16-13-12-14-17-28/h12-14,16-17,23-27,29-30,33-35,44H,11,15,18-22H2,1-10H3,(H,38,45)(H,39,42)/t25-,26+,27+,29-,30+,33-,34-,35+/m0/s1. The summed E-state index contributed by atoms with van der Waals surface area (Å²) in [5.74, 6) is -0.810. The zero-order chi connectivity index (χ0) is 35.4. The molecule has 0 aromatic heterocycles. The number of hydrogen-bond donors (Lipinski definition) is 3. The molecule has 10 heteroatoms. The molecule has 1 saturated heterocycles. The van der Waals surface area contributed by atoms with Crippen LogP contribution >= 0.6 is 0 Å². The fourth-order valence-corrected chi connectivity index (χ4v) is 6.66. The predicted octanol–water partition coefficient (Wildman–Crippen LogP) is 4.71. The molecule has 0 aliphatic carbocycles. The molecule has 1 heterocycles. The van der Waals surface area contributed by atoms with E-state index >= 15 is 0 Å². The van der Waals surface area contributed by atoms with Crippen LogP contribution in [0.1, 0.15) is 106 Å². The van der Waals surface area contributed by atoms with Crippen LogP contribution in [0.2, 0.25) is 0 Å². The van der Waals surface area contributed by atoms with Gasteiger partial charge in [-0.3, -0.25) is 19.2 Å². The first-order valence-corrected chi connectivity index (χ1v) is 17.5. The van der Waals surface area contributed by atoms with Crippen LogP contribution in [0, 0.1) is 23.7 Å². The average Bonchev–Trinajstić information content (AvgIpc) is 3.50. The van der Waals surface area contributed by atoms with Gasteiger partial charge in [0.2, 0.25) is 23.6 Å². The van der Waals surface area contributed by atoms with Crippen LogP contribution in [0.4, 0.5) is 0 Å². The van der Waals surface area contributed by atoms with Crippen molar-refractivity contribution >= 4 is 23.6 Å². The van der Waals surface area contributed by atoms with Crippen molar-refractivity contribution in [1.29, 1.82) is 0 Å². The van der Waals surface area contributed by atoms with Crippen molar-refractivity contribution < 1.29 is 29.0 Å². The van der Waals surface area contributed by atoms with Crippen LogP contribution in [0.3, 0.4) is 0 Å². The van der Waals surface area contributed by atoms with Gasteiger partial charge in [0.25, 0.3) is 0 Å². The van der Waals surface area contributed by atoms with E-state index in [9.17, 15) is 24.3 Å². The molecule has 2 rings (SSSR count). The van der Waals surface area contributed by atoms with E-state index in [4.69, 9.17) is 4.74 Å². The molecule has 1 aromatic rings. The van der Waals surface area contributed by atoms with E-state index in [1.165, 1.54) is 0 Å². The molecule has 8 atom stereocenters. The molecule has 266 valence electrons. The molecule has 47 heavy (non-hydrogen) atoms. The second-order valence-electron chi connectivity index (χ2n) is 14.4. The lowest BCUT2D eigenvalue weighted by atomic mass is 9.89. The smallest absolute Gasteiger partial charge is 0.245 e. The maximum atomic E-state index is 13.9. The number of likely N-dealkylation sites (tertiary alicyclic amines) is 1. The normalized spacial score (nSPS) is 19.4. The van der Waals surface area contributed by atoms with E-state index < -0.39 is 24.3 Å². The zero-order valence-corrected chi connectivity index (χ0v) is 30.5. The van der Waals surface area contributed by atoms with Gasteiger partial charge in [-0.15, -0.1) is 0 Å². The summed E-state index contributed by atoms with van der Waals surface area (Å²) < 4.78 is 5.95.